The van der Waals surface area contributed by atoms with E-state index in [4.69, 9.17) is 5.11 Å². The largest absolute Gasteiger partial charge is 0.396 e. The molecule has 1 aromatic rings. The third-order valence-electron chi connectivity index (χ3n) is 2.46. The zero-order valence-electron chi connectivity index (χ0n) is 10.0. The smallest absolute Gasteiger partial charge is 0.277 e. The van der Waals surface area contributed by atoms with Gasteiger partial charge in [0.25, 0.3) is 5.69 Å². The normalized spacial score (nSPS) is 12.2. The van der Waals surface area contributed by atoms with Crippen LogP contribution >= 0.6 is 0 Å². The van der Waals surface area contributed by atoms with E-state index >= 15 is 0 Å². The summed E-state index contributed by atoms with van der Waals surface area (Å²) >= 11 is 0. The van der Waals surface area contributed by atoms with Gasteiger partial charge >= 0.3 is 0 Å². The van der Waals surface area contributed by atoms with E-state index in [1.165, 1.54) is 12.3 Å². The van der Waals surface area contributed by atoms with Gasteiger partial charge in [-0.1, -0.05) is 0 Å². The molecule has 0 amide bonds. The van der Waals surface area contributed by atoms with Crippen LogP contribution in [0, 0.1) is 17.0 Å². The number of nitro groups is 1. The summed E-state index contributed by atoms with van der Waals surface area (Å²) in [6.07, 6.45) is 2.97. The minimum atomic E-state index is -0.416. The minimum absolute atomic E-state index is 0.0665. The molecule has 0 saturated heterocycles. The van der Waals surface area contributed by atoms with Crippen LogP contribution in [0.15, 0.2) is 12.3 Å². The van der Waals surface area contributed by atoms with Gasteiger partial charge in [0.05, 0.1) is 11.0 Å². The lowest BCUT2D eigenvalue weighted by atomic mass is 10.2. The van der Waals surface area contributed by atoms with Gasteiger partial charge in [-0.3, -0.25) is 10.1 Å². The molecule has 1 aromatic heterocycles. The maximum Gasteiger partial charge on any atom is 0.277 e. The van der Waals surface area contributed by atoms with Crippen molar-refractivity contribution in [1.82, 2.24) is 4.98 Å². The number of anilines is 1. The van der Waals surface area contributed by atoms with Gasteiger partial charge in [-0.05, 0) is 26.7 Å². The van der Waals surface area contributed by atoms with Crippen molar-refractivity contribution in [3.8, 4) is 0 Å². The van der Waals surface area contributed by atoms with Crippen molar-refractivity contribution >= 4 is 11.5 Å². The predicted octanol–water partition coefficient (Wildman–Crippen LogP) is 1.87. The van der Waals surface area contributed by atoms with Crippen molar-refractivity contribution < 1.29 is 10.0 Å². The van der Waals surface area contributed by atoms with Gasteiger partial charge in [0.2, 0.25) is 0 Å². The number of nitrogens with one attached hydrogen (secondary N) is 1. The molecule has 1 atom stereocenters. The van der Waals surface area contributed by atoms with E-state index in [9.17, 15) is 10.1 Å². The lowest BCUT2D eigenvalue weighted by Crippen LogP contribution is -2.16. The Kier molecular flexibility index (Phi) is 4.84. The Morgan fingerprint density at radius 3 is 2.94 bits per heavy atom. The first-order chi connectivity index (χ1) is 8.04. The Hall–Kier alpha value is -1.69. The maximum atomic E-state index is 10.7. The molecular weight excluding hydrogens is 222 g/mol. The molecule has 0 aromatic carbocycles. The number of hydrogen-bond donors (Lipinski definition) is 2. The van der Waals surface area contributed by atoms with Gasteiger partial charge in [0.15, 0.2) is 0 Å². The minimum Gasteiger partial charge on any atom is -0.396 e. The highest BCUT2D eigenvalue weighted by Crippen LogP contribution is 2.20. The summed E-state index contributed by atoms with van der Waals surface area (Å²) < 4.78 is 0. The topological polar surface area (TPSA) is 88.3 Å². The molecule has 6 nitrogen and oxygen atoms in total. The van der Waals surface area contributed by atoms with Crippen LogP contribution in [-0.2, 0) is 0 Å². The first kappa shape index (κ1) is 13.4. The molecule has 2 N–H and O–H groups in total. The molecule has 1 heterocycles. The van der Waals surface area contributed by atoms with Gasteiger partial charge in [0, 0.05) is 24.4 Å². The van der Waals surface area contributed by atoms with E-state index in [2.05, 4.69) is 10.3 Å². The molecule has 6 heteroatoms. The van der Waals surface area contributed by atoms with Crippen molar-refractivity contribution in [2.75, 3.05) is 11.9 Å². The van der Waals surface area contributed by atoms with E-state index in [0.717, 1.165) is 6.42 Å². The number of aliphatic hydroxyl groups is 1. The van der Waals surface area contributed by atoms with Crippen LogP contribution < -0.4 is 5.32 Å². The lowest BCUT2D eigenvalue weighted by molar-refractivity contribution is -0.385. The number of hydrogen-bond acceptors (Lipinski definition) is 5. The fourth-order valence-corrected chi connectivity index (χ4v) is 1.51. The highest BCUT2D eigenvalue weighted by atomic mass is 16.6. The number of nitrogens with zero attached hydrogens (tertiary/aromatic N) is 2. The highest BCUT2D eigenvalue weighted by Gasteiger charge is 2.12. The molecule has 0 spiro atoms. The van der Waals surface area contributed by atoms with E-state index in [-0.39, 0.29) is 18.3 Å². The van der Waals surface area contributed by atoms with E-state index in [0.29, 0.717) is 17.8 Å². The summed E-state index contributed by atoms with van der Waals surface area (Å²) in [7, 11) is 0. The second-order valence-electron chi connectivity index (χ2n) is 4.02. The molecule has 0 fully saturated rings. The Balaban J connectivity index is 2.72. The van der Waals surface area contributed by atoms with Crippen LogP contribution in [0.3, 0.4) is 0 Å². The van der Waals surface area contributed by atoms with E-state index in [1.807, 2.05) is 6.92 Å². The molecule has 17 heavy (non-hydrogen) atoms. The summed E-state index contributed by atoms with van der Waals surface area (Å²) in [5.41, 5.74) is 0.611. The first-order valence-corrected chi connectivity index (χ1v) is 5.53. The van der Waals surface area contributed by atoms with Crippen molar-refractivity contribution in [1.29, 1.82) is 0 Å². The van der Waals surface area contributed by atoms with Crippen LogP contribution in [-0.4, -0.2) is 27.7 Å². The van der Waals surface area contributed by atoms with E-state index in [1.54, 1.807) is 6.92 Å². The summed E-state index contributed by atoms with van der Waals surface area (Å²) in [5.74, 6) is 0.493. The molecule has 1 unspecified atom stereocenters. The third kappa shape index (κ3) is 3.99. The molecule has 0 aliphatic heterocycles. The Morgan fingerprint density at radius 1 is 1.65 bits per heavy atom. The van der Waals surface area contributed by atoms with Crippen LogP contribution in [0.1, 0.15) is 25.3 Å². The average Bonchev–Trinajstić information content (AvgIpc) is 2.28. The quantitative estimate of drug-likeness (QED) is 0.584. The molecular formula is C11H17N3O3. The monoisotopic (exact) mass is 239 g/mol. The van der Waals surface area contributed by atoms with Crippen molar-refractivity contribution in [2.24, 2.45) is 0 Å². The standard InChI is InChI=1S/C11H17N3O3/c1-8-7-12-11(6-10(8)14(16)17)13-9(2)4-3-5-15/h6-7,9,15H,3-5H2,1-2H3,(H,12,13). The Bertz CT molecular complexity index is 396. The SMILES string of the molecule is Cc1cnc(NC(C)CCCO)cc1[N+](=O)[O-]. The second-order valence-corrected chi connectivity index (χ2v) is 4.02. The fraction of sp³-hybridized carbons (Fsp3) is 0.545. The number of rotatable bonds is 6. The molecule has 0 aliphatic rings. The van der Waals surface area contributed by atoms with Crippen LogP contribution in [0.5, 0.6) is 0 Å². The molecule has 1 rings (SSSR count). The second kappa shape index (κ2) is 6.15. The number of aromatic nitrogens is 1. The van der Waals surface area contributed by atoms with E-state index < -0.39 is 4.92 Å². The first-order valence-electron chi connectivity index (χ1n) is 5.53. The fourth-order valence-electron chi connectivity index (χ4n) is 1.51. The highest BCUT2D eigenvalue weighted by molar-refractivity contribution is 5.49. The van der Waals surface area contributed by atoms with Crippen molar-refractivity contribution in [3.63, 3.8) is 0 Å². The molecule has 0 aliphatic carbocycles. The summed E-state index contributed by atoms with van der Waals surface area (Å²) in [6, 6.07) is 1.56. The van der Waals surface area contributed by atoms with Gasteiger partial charge in [-0.15, -0.1) is 0 Å². The zero-order valence-corrected chi connectivity index (χ0v) is 10.0. The maximum absolute atomic E-state index is 10.7. The predicted molar refractivity (Wildman–Crippen MR) is 65.0 cm³/mol. The molecule has 0 radical (unpaired) electrons. The Morgan fingerprint density at radius 2 is 2.35 bits per heavy atom. The molecule has 94 valence electrons. The van der Waals surface area contributed by atoms with Gasteiger partial charge in [0.1, 0.15) is 5.82 Å². The summed E-state index contributed by atoms with van der Waals surface area (Å²) in [6.45, 7) is 3.75. The van der Waals surface area contributed by atoms with Gasteiger partial charge in [-0.2, -0.15) is 0 Å². The summed E-state index contributed by atoms with van der Waals surface area (Å²) in [5, 5.41) is 22.5. The lowest BCUT2D eigenvalue weighted by Gasteiger charge is -2.13. The van der Waals surface area contributed by atoms with Gasteiger partial charge in [-0.25, -0.2) is 4.98 Å². The third-order valence-corrected chi connectivity index (χ3v) is 2.46. The van der Waals surface area contributed by atoms with Gasteiger partial charge < -0.3 is 10.4 Å². The van der Waals surface area contributed by atoms with Crippen LogP contribution in [0.25, 0.3) is 0 Å². The number of aliphatic hydroxyl groups excluding tert-OH is 1. The number of aryl methyl sites for hydroxylation is 1. The van der Waals surface area contributed by atoms with Crippen molar-refractivity contribution in [3.05, 3.63) is 27.9 Å². The zero-order chi connectivity index (χ0) is 12.8. The molecule has 0 saturated carbocycles. The summed E-state index contributed by atoms with van der Waals surface area (Å²) in [4.78, 5) is 14.4. The Labute approximate surface area is 99.8 Å². The van der Waals surface area contributed by atoms with Crippen LogP contribution in [0.4, 0.5) is 11.5 Å². The molecule has 0 bridgehead atoms. The average molecular weight is 239 g/mol. The van der Waals surface area contributed by atoms with Crippen molar-refractivity contribution in [2.45, 2.75) is 32.7 Å². The number of pyridine rings is 1. The van der Waals surface area contributed by atoms with Crippen LogP contribution in [0.2, 0.25) is 0 Å².